The lowest BCUT2D eigenvalue weighted by molar-refractivity contribution is -0.119. The molecule has 18 heavy (non-hydrogen) atoms. The van der Waals surface area contributed by atoms with E-state index in [0.717, 1.165) is 31.4 Å². The Labute approximate surface area is 108 Å². The number of carbonyl (C=O) groups is 1. The second kappa shape index (κ2) is 3.59. The quantitative estimate of drug-likeness (QED) is 0.797. The normalized spacial score (nSPS) is 22.8. The van der Waals surface area contributed by atoms with E-state index < -0.39 is 0 Å². The van der Waals surface area contributed by atoms with Crippen molar-refractivity contribution in [2.24, 2.45) is 0 Å². The molecule has 0 atom stereocenters. The molecule has 1 fully saturated rings. The van der Waals surface area contributed by atoms with Crippen LogP contribution in [0, 0.1) is 0 Å². The second-order valence-corrected chi connectivity index (χ2v) is 6.32. The molecule has 0 saturated heterocycles. The van der Waals surface area contributed by atoms with Crippen LogP contribution >= 0.6 is 0 Å². The maximum absolute atomic E-state index is 11.8. The van der Waals surface area contributed by atoms with Crippen LogP contribution < -0.4 is 4.74 Å². The monoisotopic (exact) mass is 244 g/mol. The number of carbonyl (C=O) groups excluding carboxylic acids is 1. The molecule has 0 spiro atoms. The number of hydrogen-bond donors (Lipinski definition) is 0. The highest BCUT2D eigenvalue weighted by Gasteiger charge is 2.49. The van der Waals surface area contributed by atoms with Gasteiger partial charge in [-0.15, -0.1) is 0 Å². The van der Waals surface area contributed by atoms with Crippen LogP contribution in [0.15, 0.2) is 18.2 Å². The fourth-order valence-corrected chi connectivity index (χ4v) is 2.93. The molecule has 2 aliphatic rings. The van der Waals surface area contributed by atoms with Gasteiger partial charge in [-0.2, -0.15) is 0 Å². The minimum Gasteiger partial charge on any atom is -0.488 e. The van der Waals surface area contributed by atoms with E-state index in [9.17, 15) is 4.79 Å². The van der Waals surface area contributed by atoms with Gasteiger partial charge in [-0.1, -0.05) is 12.1 Å². The van der Waals surface area contributed by atoms with Crippen LogP contribution in [-0.2, 0) is 16.6 Å². The molecule has 3 rings (SSSR count). The van der Waals surface area contributed by atoms with Crippen LogP contribution in [0.4, 0.5) is 0 Å². The Morgan fingerprint density at radius 2 is 1.94 bits per heavy atom. The maximum Gasteiger partial charge on any atom is 0.140 e. The van der Waals surface area contributed by atoms with E-state index in [1.54, 1.807) is 6.92 Å². The molecular weight excluding hydrogens is 224 g/mol. The van der Waals surface area contributed by atoms with Crippen LogP contribution in [0.1, 0.15) is 51.2 Å². The standard InChI is InChI=1S/C16H20O2/c1-11(17)16(8-9-16)13-4-5-14-12(10-13)6-7-15(2,3)18-14/h4-5,10H,6-9H2,1-3H3. The minimum absolute atomic E-state index is 0.0631. The van der Waals surface area contributed by atoms with E-state index in [0.29, 0.717) is 5.78 Å². The average molecular weight is 244 g/mol. The number of ether oxygens (including phenoxy) is 1. The summed E-state index contributed by atoms with van der Waals surface area (Å²) in [5, 5.41) is 0. The molecule has 0 N–H and O–H groups in total. The Bertz CT molecular complexity index is 510. The highest BCUT2D eigenvalue weighted by molar-refractivity contribution is 5.91. The average Bonchev–Trinajstić information content (AvgIpc) is 3.08. The fraction of sp³-hybridized carbons (Fsp3) is 0.562. The van der Waals surface area contributed by atoms with Gasteiger partial charge in [0.05, 0.1) is 5.41 Å². The summed E-state index contributed by atoms with van der Waals surface area (Å²) in [6, 6.07) is 6.32. The van der Waals surface area contributed by atoms with Crippen LogP contribution in [0.5, 0.6) is 5.75 Å². The number of aryl methyl sites for hydroxylation is 1. The van der Waals surface area contributed by atoms with Gasteiger partial charge in [0.25, 0.3) is 0 Å². The highest BCUT2D eigenvalue weighted by Crippen LogP contribution is 2.50. The van der Waals surface area contributed by atoms with Crippen LogP contribution in [0.2, 0.25) is 0 Å². The number of ketones is 1. The number of fused-ring (bicyclic) bond motifs is 1. The van der Waals surface area contributed by atoms with Crippen molar-refractivity contribution in [3.05, 3.63) is 29.3 Å². The SMILES string of the molecule is CC(=O)C1(c2ccc3c(c2)CCC(C)(C)O3)CC1. The summed E-state index contributed by atoms with van der Waals surface area (Å²) in [5.74, 6) is 1.30. The zero-order valence-electron chi connectivity index (χ0n) is 11.4. The summed E-state index contributed by atoms with van der Waals surface area (Å²) in [5.41, 5.74) is 2.23. The van der Waals surface area contributed by atoms with Gasteiger partial charge in [0.2, 0.25) is 0 Å². The Morgan fingerprint density at radius 3 is 2.56 bits per heavy atom. The third-order valence-corrected chi connectivity index (χ3v) is 4.42. The van der Waals surface area contributed by atoms with Crippen molar-refractivity contribution in [1.29, 1.82) is 0 Å². The first kappa shape index (κ1) is 11.8. The van der Waals surface area contributed by atoms with Crippen molar-refractivity contribution in [2.45, 2.75) is 57.5 Å². The summed E-state index contributed by atoms with van der Waals surface area (Å²) in [7, 11) is 0. The molecule has 1 heterocycles. The molecule has 0 bridgehead atoms. The Hall–Kier alpha value is -1.31. The van der Waals surface area contributed by atoms with Gasteiger partial charge in [-0.3, -0.25) is 4.79 Å². The zero-order valence-corrected chi connectivity index (χ0v) is 11.4. The van der Waals surface area contributed by atoms with Gasteiger partial charge in [0.1, 0.15) is 17.1 Å². The van der Waals surface area contributed by atoms with Crippen LogP contribution in [-0.4, -0.2) is 11.4 Å². The predicted molar refractivity (Wildman–Crippen MR) is 71.1 cm³/mol. The summed E-state index contributed by atoms with van der Waals surface area (Å²) >= 11 is 0. The van der Waals surface area contributed by atoms with Crippen molar-refractivity contribution in [3.8, 4) is 5.75 Å². The molecule has 1 aromatic rings. The molecule has 0 radical (unpaired) electrons. The number of rotatable bonds is 2. The third kappa shape index (κ3) is 1.75. The Balaban J connectivity index is 1.96. The Morgan fingerprint density at radius 1 is 1.22 bits per heavy atom. The minimum atomic E-state index is -0.165. The van der Waals surface area contributed by atoms with Gasteiger partial charge < -0.3 is 4.74 Å². The number of benzene rings is 1. The summed E-state index contributed by atoms with van der Waals surface area (Å²) in [6.07, 6.45) is 4.10. The summed E-state index contributed by atoms with van der Waals surface area (Å²) < 4.78 is 5.98. The number of Topliss-reactive ketones (excluding diaryl/α,β-unsaturated/α-hetero) is 1. The van der Waals surface area contributed by atoms with E-state index in [1.165, 1.54) is 11.1 Å². The van der Waals surface area contributed by atoms with E-state index in [2.05, 4.69) is 32.0 Å². The topological polar surface area (TPSA) is 26.3 Å². The molecule has 0 unspecified atom stereocenters. The highest BCUT2D eigenvalue weighted by atomic mass is 16.5. The maximum atomic E-state index is 11.8. The van der Waals surface area contributed by atoms with Crippen molar-refractivity contribution < 1.29 is 9.53 Å². The van der Waals surface area contributed by atoms with E-state index in [-0.39, 0.29) is 11.0 Å². The molecule has 1 aliphatic heterocycles. The van der Waals surface area contributed by atoms with Gasteiger partial charge in [-0.25, -0.2) is 0 Å². The molecule has 1 aliphatic carbocycles. The summed E-state index contributed by atoms with van der Waals surface area (Å²) in [4.78, 5) is 11.8. The molecule has 1 aromatic carbocycles. The predicted octanol–water partition coefficient (Wildman–Crippen LogP) is 3.41. The lowest BCUT2D eigenvalue weighted by Crippen LogP contribution is -2.32. The molecular formula is C16H20O2. The van der Waals surface area contributed by atoms with E-state index >= 15 is 0 Å². The molecule has 0 aromatic heterocycles. The number of hydrogen-bond acceptors (Lipinski definition) is 2. The van der Waals surface area contributed by atoms with Crippen molar-refractivity contribution in [3.63, 3.8) is 0 Å². The van der Waals surface area contributed by atoms with Gasteiger partial charge in [0, 0.05) is 0 Å². The molecule has 2 heteroatoms. The first-order valence-electron chi connectivity index (χ1n) is 6.76. The fourth-order valence-electron chi connectivity index (χ4n) is 2.93. The van der Waals surface area contributed by atoms with Gasteiger partial charge in [-0.05, 0) is 63.6 Å². The zero-order chi connectivity index (χ0) is 13.0. The molecule has 0 amide bonds. The van der Waals surface area contributed by atoms with E-state index in [4.69, 9.17) is 4.74 Å². The van der Waals surface area contributed by atoms with Crippen LogP contribution in [0.3, 0.4) is 0 Å². The van der Waals surface area contributed by atoms with Gasteiger partial charge in [0.15, 0.2) is 0 Å². The van der Waals surface area contributed by atoms with E-state index in [1.807, 2.05) is 0 Å². The Kier molecular flexibility index (Phi) is 2.35. The van der Waals surface area contributed by atoms with Crippen LogP contribution in [0.25, 0.3) is 0 Å². The second-order valence-electron chi connectivity index (χ2n) is 6.32. The third-order valence-electron chi connectivity index (χ3n) is 4.42. The van der Waals surface area contributed by atoms with Gasteiger partial charge >= 0.3 is 0 Å². The summed E-state index contributed by atoms with van der Waals surface area (Å²) in [6.45, 7) is 5.97. The molecule has 1 saturated carbocycles. The molecule has 2 nitrogen and oxygen atoms in total. The largest absolute Gasteiger partial charge is 0.488 e. The van der Waals surface area contributed by atoms with Crippen molar-refractivity contribution in [2.75, 3.05) is 0 Å². The molecule has 96 valence electrons. The smallest absolute Gasteiger partial charge is 0.140 e. The first-order chi connectivity index (χ1) is 8.43. The lowest BCUT2D eigenvalue weighted by Gasteiger charge is -2.33. The lowest BCUT2D eigenvalue weighted by atomic mass is 9.87. The van der Waals surface area contributed by atoms with Crippen molar-refractivity contribution >= 4 is 5.78 Å². The van der Waals surface area contributed by atoms with Crippen molar-refractivity contribution in [1.82, 2.24) is 0 Å². The first-order valence-corrected chi connectivity index (χ1v) is 6.76.